The fourth-order valence-corrected chi connectivity index (χ4v) is 1.52. The van der Waals surface area contributed by atoms with E-state index < -0.39 is 0 Å². The molecule has 1 aromatic carbocycles. The number of nitrogens with zero attached hydrogens (tertiary/aromatic N) is 1. The third-order valence-electron chi connectivity index (χ3n) is 2.35. The van der Waals surface area contributed by atoms with Crippen LogP contribution in [0.4, 0.5) is 5.82 Å². The highest BCUT2D eigenvalue weighted by molar-refractivity contribution is 5.92. The maximum atomic E-state index is 9.45. The molecule has 0 saturated heterocycles. The Morgan fingerprint density at radius 2 is 2.25 bits per heavy atom. The molecule has 0 saturated carbocycles. The maximum absolute atomic E-state index is 9.45. The van der Waals surface area contributed by atoms with Gasteiger partial charge in [-0.3, -0.25) is 0 Å². The maximum Gasteiger partial charge on any atom is 0.134 e. The van der Waals surface area contributed by atoms with Crippen LogP contribution in [0, 0.1) is 12.3 Å². The van der Waals surface area contributed by atoms with Gasteiger partial charge >= 0.3 is 0 Å². The molecule has 0 bridgehead atoms. The van der Waals surface area contributed by atoms with Crippen LogP contribution in [0.25, 0.3) is 10.8 Å². The van der Waals surface area contributed by atoms with Gasteiger partial charge in [-0.15, -0.1) is 6.42 Å². The molecule has 0 aliphatic carbocycles. The first-order valence-corrected chi connectivity index (χ1v) is 5.01. The van der Waals surface area contributed by atoms with Crippen LogP contribution < -0.4 is 5.32 Å². The highest BCUT2D eigenvalue weighted by atomic mass is 16.3. The molecule has 80 valence electrons. The van der Waals surface area contributed by atoms with Crippen molar-refractivity contribution in [1.82, 2.24) is 4.98 Å². The number of aromatic hydroxyl groups is 1. The highest BCUT2D eigenvalue weighted by Crippen LogP contribution is 2.25. The Bertz CT molecular complexity index is 557. The monoisotopic (exact) mass is 212 g/mol. The second-order valence-corrected chi connectivity index (χ2v) is 3.60. The van der Waals surface area contributed by atoms with Gasteiger partial charge < -0.3 is 10.4 Å². The second kappa shape index (κ2) is 4.11. The minimum absolute atomic E-state index is 0.0968. The summed E-state index contributed by atoms with van der Waals surface area (Å²) in [5.41, 5.74) is 0. The predicted octanol–water partition coefficient (Wildman–Crippen LogP) is 2.37. The van der Waals surface area contributed by atoms with Gasteiger partial charge in [-0.2, -0.15) is 0 Å². The third kappa shape index (κ3) is 1.91. The quantitative estimate of drug-likeness (QED) is 0.751. The summed E-state index contributed by atoms with van der Waals surface area (Å²) >= 11 is 0. The fourth-order valence-electron chi connectivity index (χ4n) is 1.52. The molecule has 3 nitrogen and oxygen atoms in total. The molecule has 1 atom stereocenters. The number of benzene rings is 1. The number of hydrogen-bond acceptors (Lipinski definition) is 3. The Morgan fingerprint density at radius 1 is 1.44 bits per heavy atom. The van der Waals surface area contributed by atoms with Crippen molar-refractivity contribution in [3.8, 4) is 18.1 Å². The smallest absolute Gasteiger partial charge is 0.134 e. The second-order valence-electron chi connectivity index (χ2n) is 3.60. The lowest BCUT2D eigenvalue weighted by Gasteiger charge is -2.11. The summed E-state index contributed by atoms with van der Waals surface area (Å²) in [6.45, 7) is 1.88. The van der Waals surface area contributed by atoms with Gasteiger partial charge in [0.25, 0.3) is 0 Å². The summed E-state index contributed by atoms with van der Waals surface area (Å²) in [4.78, 5) is 4.22. The summed E-state index contributed by atoms with van der Waals surface area (Å²) in [6, 6.07) is 6.96. The number of fused-ring (bicyclic) bond motifs is 1. The SMILES string of the molecule is C#CC(C)Nc1nccc2ccc(O)cc12. The van der Waals surface area contributed by atoms with Gasteiger partial charge in [0.05, 0.1) is 6.04 Å². The van der Waals surface area contributed by atoms with Crippen LogP contribution >= 0.6 is 0 Å². The van der Waals surface area contributed by atoms with Crippen molar-refractivity contribution in [1.29, 1.82) is 0 Å². The summed E-state index contributed by atoms with van der Waals surface area (Å²) in [5, 5.41) is 14.4. The number of anilines is 1. The van der Waals surface area contributed by atoms with Gasteiger partial charge in [0, 0.05) is 11.6 Å². The average Bonchev–Trinajstić information content (AvgIpc) is 2.29. The zero-order valence-corrected chi connectivity index (χ0v) is 8.94. The molecule has 1 unspecified atom stereocenters. The number of phenols is 1. The van der Waals surface area contributed by atoms with Crippen molar-refractivity contribution in [2.24, 2.45) is 0 Å². The van der Waals surface area contributed by atoms with E-state index in [9.17, 15) is 5.11 Å². The van der Waals surface area contributed by atoms with Gasteiger partial charge in [0.15, 0.2) is 0 Å². The van der Waals surface area contributed by atoms with Crippen molar-refractivity contribution < 1.29 is 5.11 Å². The van der Waals surface area contributed by atoms with E-state index in [0.29, 0.717) is 5.82 Å². The standard InChI is InChI=1S/C13H12N2O/c1-3-9(2)15-13-12-8-11(16)5-4-10(12)6-7-14-13/h1,4-9,16H,2H3,(H,14,15). The molecule has 1 heterocycles. The molecule has 16 heavy (non-hydrogen) atoms. The van der Waals surface area contributed by atoms with Crippen LogP contribution in [-0.4, -0.2) is 16.1 Å². The summed E-state index contributed by atoms with van der Waals surface area (Å²) < 4.78 is 0. The van der Waals surface area contributed by atoms with E-state index in [1.165, 1.54) is 0 Å². The van der Waals surface area contributed by atoms with Crippen molar-refractivity contribution in [3.63, 3.8) is 0 Å². The number of aromatic nitrogens is 1. The zero-order chi connectivity index (χ0) is 11.5. The normalized spacial score (nSPS) is 12.0. The van der Waals surface area contributed by atoms with E-state index in [1.54, 1.807) is 18.3 Å². The fraction of sp³-hybridized carbons (Fsp3) is 0.154. The lowest BCUT2D eigenvalue weighted by molar-refractivity contribution is 0.476. The first kappa shape index (κ1) is 10.3. The third-order valence-corrected chi connectivity index (χ3v) is 2.35. The Morgan fingerprint density at radius 3 is 3.00 bits per heavy atom. The molecular formula is C13H12N2O. The van der Waals surface area contributed by atoms with Crippen LogP contribution in [0.5, 0.6) is 5.75 Å². The molecule has 2 N–H and O–H groups in total. The van der Waals surface area contributed by atoms with Crippen LogP contribution in [0.3, 0.4) is 0 Å². The number of phenolic OH excluding ortho intramolecular Hbond substituents is 1. The first-order chi connectivity index (χ1) is 7.70. The summed E-state index contributed by atoms with van der Waals surface area (Å²) in [7, 11) is 0. The molecular weight excluding hydrogens is 200 g/mol. The van der Waals surface area contributed by atoms with E-state index in [2.05, 4.69) is 16.2 Å². The first-order valence-electron chi connectivity index (χ1n) is 5.01. The largest absolute Gasteiger partial charge is 0.508 e. The van der Waals surface area contributed by atoms with Gasteiger partial charge in [-0.05, 0) is 30.5 Å². The molecule has 1 aromatic heterocycles. The number of terminal acetylenes is 1. The Labute approximate surface area is 94.1 Å². The Kier molecular flexibility index (Phi) is 2.65. The lowest BCUT2D eigenvalue weighted by Crippen LogP contribution is -2.13. The van der Waals surface area contributed by atoms with Gasteiger partial charge in [-0.1, -0.05) is 12.0 Å². The Hall–Kier alpha value is -2.21. The van der Waals surface area contributed by atoms with E-state index in [0.717, 1.165) is 10.8 Å². The van der Waals surface area contributed by atoms with Crippen molar-refractivity contribution >= 4 is 16.6 Å². The summed E-state index contributed by atoms with van der Waals surface area (Å²) in [6.07, 6.45) is 7.02. The minimum Gasteiger partial charge on any atom is -0.508 e. The van der Waals surface area contributed by atoms with E-state index in [-0.39, 0.29) is 11.8 Å². The van der Waals surface area contributed by atoms with Crippen LogP contribution in [0.2, 0.25) is 0 Å². The number of hydrogen-bond donors (Lipinski definition) is 2. The van der Waals surface area contributed by atoms with Crippen molar-refractivity contribution in [2.45, 2.75) is 13.0 Å². The number of nitrogens with one attached hydrogen (secondary N) is 1. The molecule has 0 aliphatic heterocycles. The van der Waals surface area contributed by atoms with Gasteiger partial charge in [0.2, 0.25) is 0 Å². The predicted molar refractivity (Wildman–Crippen MR) is 65.3 cm³/mol. The molecule has 0 radical (unpaired) electrons. The minimum atomic E-state index is -0.0968. The number of pyridine rings is 1. The summed E-state index contributed by atoms with van der Waals surface area (Å²) in [5.74, 6) is 3.49. The van der Waals surface area contributed by atoms with Crippen LogP contribution in [0.1, 0.15) is 6.92 Å². The van der Waals surface area contributed by atoms with Gasteiger partial charge in [0.1, 0.15) is 11.6 Å². The van der Waals surface area contributed by atoms with E-state index in [1.807, 2.05) is 19.1 Å². The van der Waals surface area contributed by atoms with Crippen LogP contribution in [-0.2, 0) is 0 Å². The molecule has 0 spiro atoms. The lowest BCUT2D eigenvalue weighted by atomic mass is 10.1. The van der Waals surface area contributed by atoms with Gasteiger partial charge in [-0.25, -0.2) is 4.98 Å². The van der Waals surface area contributed by atoms with Crippen molar-refractivity contribution in [2.75, 3.05) is 5.32 Å². The number of rotatable bonds is 2. The molecule has 2 aromatic rings. The molecule has 3 heteroatoms. The Balaban J connectivity index is 2.53. The van der Waals surface area contributed by atoms with Crippen molar-refractivity contribution in [3.05, 3.63) is 30.5 Å². The topological polar surface area (TPSA) is 45.2 Å². The zero-order valence-electron chi connectivity index (χ0n) is 8.94. The molecule has 2 rings (SSSR count). The van der Waals surface area contributed by atoms with E-state index >= 15 is 0 Å². The van der Waals surface area contributed by atoms with Crippen LogP contribution in [0.15, 0.2) is 30.5 Å². The van der Waals surface area contributed by atoms with E-state index in [4.69, 9.17) is 6.42 Å². The molecule has 0 amide bonds. The molecule has 0 aliphatic rings. The average molecular weight is 212 g/mol. The highest BCUT2D eigenvalue weighted by Gasteiger charge is 2.05. The molecule has 0 fully saturated rings.